The minimum atomic E-state index is -0.670. The van der Waals surface area contributed by atoms with Crippen molar-refractivity contribution in [3.63, 3.8) is 0 Å². The van der Waals surface area contributed by atoms with E-state index in [4.69, 9.17) is 0 Å². The van der Waals surface area contributed by atoms with Crippen molar-refractivity contribution in [3.05, 3.63) is 62.7 Å². The van der Waals surface area contributed by atoms with E-state index in [1.54, 1.807) is 0 Å². The van der Waals surface area contributed by atoms with Gasteiger partial charge in [0.25, 0.3) is 5.56 Å². The number of nitrogens with zero attached hydrogens (tertiary/aromatic N) is 2. The quantitative estimate of drug-likeness (QED) is 0.853. The van der Waals surface area contributed by atoms with Crippen LogP contribution in [0.25, 0.3) is 0 Å². The van der Waals surface area contributed by atoms with E-state index in [2.05, 4.69) is 20.9 Å². The Labute approximate surface area is 104 Å². The average Bonchev–Trinajstić information content (AvgIpc) is 2.23. The van der Waals surface area contributed by atoms with Gasteiger partial charge in [0.2, 0.25) is 0 Å². The Bertz CT molecular complexity index is 592. The fourth-order valence-electron chi connectivity index (χ4n) is 1.44. The van der Waals surface area contributed by atoms with Crippen LogP contribution < -0.4 is 5.56 Å². The highest BCUT2D eigenvalue weighted by atomic mass is 79.9. The summed E-state index contributed by atoms with van der Waals surface area (Å²) in [7, 11) is 0. The molecule has 88 valence electrons. The number of benzene rings is 1. The number of hydrogen-bond acceptors (Lipinski definition) is 2. The number of aromatic nitrogens is 2. The molecule has 3 nitrogen and oxygen atoms in total. The van der Waals surface area contributed by atoms with E-state index in [1.807, 2.05) is 0 Å². The molecule has 0 spiro atoms. The lowest BCUT2D eigenvalue weighted by atomic mass is 10.2. The van der Waals surface area contributed by atoms with Crippen molar-refractivity contribution in [2.45, 2.75) is 6.54 Å². The van der Waals surface area contributed by atoms with Gasteiger partial charge < -0.3 is 0 Å². The molecule has 0 fully saturated rings. The molecule has 0 aliphatic heterocycles. The van der Waals surface area contributed by atoms with E-state index in [0.717, 1.165) is 6.07 Å². The van der Waals surface area contributed by atoms with Gasteiger partial charge in [0.15, 0.2) is 0 Å². The van der Waals surface area contributed by atoms with Crippen molar-refractivity contribution in [1.29, 1.82) is 0 Å². The summed E-state index contributed by atoms with van der Waals surface area (Å²) < 4.78 is 27.5. The van der Waals surface area contributed by atoms with Gasteiger partial charge in [-0.2, -0.15) is 0 Å². The second-order valence-corrected chi connectivity index (χ2v) is 4.31. The first-order valence-electron chi connectivity index (χ1n) is 4.71. The first kappa shape index (κ1) is 11.9. The standard InChI is InChI=1S/C11H7BrF2N2O/c12-10-4-15-6-16(11(10)17)5-7-1-8(13)3-9(14)2-7/h1-4,6H,5H2. The fraction of sp³-hybridized carbons (Fsp3) is 0.0909. The molecule has 0 unspecified atom stereocenters. The van der Waals surface area contributed by atoms with Gasteiger partial charge in [0.1, 0.15) is 16.1 Å². The second-order valence-electron chi connectivity index (χ2n) is 3.45. The van der Waals surface area contributed by atoms with Crippen molar-refractivity contribution in [1.82, 2.24) is 9.55 Å². The third kappa shape index (κ3) is 2.76. The van der Waals surface area contributed by atoms with Gasteiger partial charge in [0, 0.05) is 12.3 Å². The molecular weight excluding hydrogens is 294 g/mol. The molecule has 0 amide bonds. The summed E-state index contributed by atoms with van der Waals surface area (Å²) in [6.07, 6.45) is 2.68. The largest absolute Gasteiger partial charge is 0.294 e. The molecule has 0 radical (unpaired) electrons. The minimum absolute atomic E-state index is 0.0694. The van der Waals surface area contributed by atoms with Crippen LogP contribution in [0, 0.1) is 11.6 Å². The molecule has 6 heteroatoms. The number of hydrogen-bond donors (Lipinski definition) is 0. The van der Waals surface area contributed by atoms with Gasteiger partial charge in [-0.1, -0.05) is 0 Å². The maximum Gasteiger partial charge on any atom is 0.267 e. The number of rotatable bonds is 2. The van der Waals surface area contributed by atoms with Gasteiger partial charge in [-0.15, -0.1) is 0 Å². The van der Waals surface area contributed by atoms with E-state index >= 15 is 0 Å². The van der Waals surface area contributed by atoms with Crippen molar-refractivity contribution in [2.75, 3.05) is 0 Å². The van der Waals surface area contributed by atoms with Crippen molar-refractivity contribution in [2.24, 2.45) is 0 Å². The Kier molecular flexibility index (Phi) is 3.33. The molecule has 0 bridgehead atoms. The molecule has 1 aromatic heterocycles. The summed E-state index contributed by atoms with van der Waals surface area (Å²) in [5.74, 6) is -1.34. The predicted octanol–water partition coefficient (Wildman–Crippen LogP) is 2.33. The Morgan fingerprint density at radius 3 is 2.53 bits per heavy atom. The van der Waals surface area contributed by atoms with Crippen LogP contribution in [0.1, 0.15) is 5.56 Å². The molecule has 2 rings (SSSR count). The Balaban J connectivity index is 2.38. The van der Waals surface area contributed by atoms with E-state index in [9.17, 15) is 13.6 Å². The lowest BCUT2D eigenvalue weighted by Gasteiger charge is -2.05. The zero-order valence-corrected chi connectivity index (χ0v) is 10.1. The summed E-state index contributed by atoms with van der Waals surface area (Å²) in [5.41, 5.74) is 0.0640. The normalized spacial score (nSPS) is 10.5. The molecule has 0 atom stereocenters. The van der Waals surface area contributed by atoms with E-state index < -0.39 is 11.6 Å². The van der Waals surface area contributed by atoms with Crippen LogP contribution in [0.5, 0.6) is 0 Å². The zero-order chi connectivity index (χ0) is 12.4. The summed E-state index contributed by atoms with van der Waals surface area (Å²) >= 11 is 3.04. The Morgan fingerprint density at radius 2 is 1.88 bits per heavy atom. The van der Waals surface area contributed by atoms with Crippen LogP contribution in [0.15, 0.2) is 40.0 Å². The topological polar surface area (TPSA) is 34.9 Å². The molecule has 0 saturated heterocycles. The van der Waals surface area contributed by atoms with Crippen molar-refractivity contribution < 1.29 is 8.78 Å². The summed E-state index contributed by atoms with van der Waals surface area (Å²) in [6.45, 7) is 0.0694. The molecular formula is C11H7BrF2N2O. The average molecular weight is 301 g/mol. The van der Waals surface area contributed by atoms with Crippen LogP contribution >= 0.6 is 15.9 Å². The highest BCUT2D eigenvalue weighted by Crippen LogP contribution is 2.09. The van der Waals surface area contributed by atoms with E-state index in [0.29, 0.717) is 10.0 Å². The molecule has 17 heavy (non-hydrogen) atoms. The Morgan fingerprint density at radius 1 is 1.24 bits per heavy atom. The summed E-state index contributed by atoms with van der Waals surface area (Å²) in [4.78, 5) is 15.4. The van der Waals surface area contributed by atoms with Crippen LogP contribution in [-0.2, 0) is 6.54 Å². The monoisotopic (exact) mass is 300 g/mol. The lowest BCUT2D eigenvalue weighted by molar-refractivity contribution is 0.576. The zero-order valence-electron chi connectivity index (χ0n) is 8.53. The number of halogens is 3. The molecule has 0 aliphatic carbocycles. The van der Waals surface area contributed by atoms with E-state index in [1.165, 1.54) is 29.2 Å². The summed E-state index contributed by atoms with van der Waals surface area (Å²) in [5, 5.41) is 0. The third-order valence-electron chi connectivity index (χ3n) is 2.13. The summed E-state index contributed by atoms with van der Waals surface area (Å²) in [6, 6.07) is 3.14. The molecule has 1 heterocycles. The lowest BCUT2D eigenvalue weighted by Crippen LogP contribution is -2.21. The van der Waals surface area contributed by atoms with Gasteiger partial charge in [-0.3, -0.25) is 9.36 Å². The van der Waals surface area contributed by atoms with E-state index in [-0.39, 0.29) is 12.1 Å². The Hall–Kier alpha value is -1.56. The minimum Gasteiger partial charge on any atom is -0.294 e. The first-order valence-corrected chi connectivity index (χ1v) is 5.50. The van der Waals surface area contributed by atoms with Crippen molar-refractivity contribution in [3.8, 4) is 0 Å². The van der Waals surface area contributed by atoms with Crippen LogP contribution in [0.4, 0.5) is 8.78 Å². The molecule has 0 saturated carbocycles. The fourth-order valence-corrected chi connectivity index (χ4v) is 1.78. The van der Waals surface area contributed by atoms with Gasteiger partial charge in [0.05, 0.1) is 12.9 Å². The van der Waals surface area contributed by atoms with Crippen LogP contribution in [0.3, 0.4) is 0 Å². The van der Waals surface area contributed by atoms with Crippen molar-refractivity contribution >= 4 is 15.9 Å². The van der Waals surface area contributed by atoms with Gasteiger partial charge >= 0.3 is 0 Å². The third-order valence-corrected chi connectivity index (χ3v) is 2.68. The van der Waals surface area contributed by atoms with Gasteiger partial charge in [-0.05, 0) is 33.6 Å². The maximum absolute atomic E-state index is 13.0. The molecule has 0 N–H and O–H groups in total. The van der Waals surface area contributed by atoms with Gasteiger partial charge in [-0.25, -0.2) is 13.8 Å². The smallest absolute Gasteiger partial charge is 0.267 e. The maximum atomic E-state index is 13.0. The molecule has 1 aromatic carbocycles. The molecule has 2 aromatic rings. The first-order chi connectivity index (χ1) is 8.06. The molecule has 0 aliphatic rings. The SMILES string of the molecule is O=c1c(Br)cncn1Cc1cc(F)cc(F)c1. The predicted molar refractivity (Wildman–Crippen MR) is 61.7 cm³/mol. The highest BCUT2D eigenvalue weighted by Gasteiger charge is 2.04. The highest BCUT2D eigenvalue weighted by molar-refractivity contribution is 9.10. The van der Waals surface area contributed by atoms with Crippen LogP contribution in [-0.4, -0.2) is 9.55 Å². The van der Waals surface area contributed by atoms with Crippen LogP contribution in [0.2, 0.25) is 0 Å². The second kappa shape index (κ2) is 4.75.